The molecule has 55 heavy (non-hydrogen) atoms. The molecule has 0 saturated heterocycles. The van der Waals surface area contributed by atoms with Crippen LogP contribution in [0.4, 0.5) is 0 Å². The van der Waals surface area contributed by atoms with Gasteiger partial charge in [-0.2, -0.15) is 0 Å². The Morgan fingerprint density at radius 1 is 0.564 bits per heavy atom. The van der Waals surface area contributed by atoms with Gasteiger partial charge in [0, 0.05) is 33.8 Å². The van der Waals surface area contributed by atoms with Crippen molar-refractivity contribution >= 4 is 39.4 Å². The molecule has 3 aromatic heterocycles. The maximum Gasteiger partial charge on any atom is 0.269 e. The quantitative estimate of drug-likeness (QED) is 0.132. The number of para-hydroxylation sites is 4. The second kappa shape index (κ2) is 12.6. The van der Waals surface area contributed by atoms with Gasteiger partial charge in [-0.1, -0.05) is 146 Å². The Labute approximate surface area is 317 Å². The third-order valence-corrected chi connectivity index (χ3v) is 10.6. The van der Waals surface area contributed by atoms with Gasteiger partial charge in [0.15, 0.2) is 0 Å². The second-order valence-electron chi connectivity index (χ2n) is 13.8. The number of aromatic nitrogens is 4. The van der Waals surface area contributed by atoms with Gasteiger partial charge in [0.25, 0.3) is 6.33 Å². The van der Waals surface area contributed by atoms with E-state index in [1.807, 2.05) is 24.3 Å². The molecule has 0 fully saturated rings. The number of nitrogens with zero attached hydrogens (tertiary/aromatic N) is 4. The van der Waals surface area contributed by atoms with Crippen LogP contribution in [0.2, 0.25) is 0 Å². The van der Waals surface area contributed by atoms with Crippen LogP contribution in [0.3, 0.4) is 0 Å². The summed E-state index contributed by atoms with van der Waals surface area (Å²) in [6.45, 7) is 0. The lowest BCUT2D eigenvalue weighted by atomic mass is 9.85. The molecule has 0 bridgehead atoms. The average Bonchev–Trinajstić information content (AvgIpc) is 3.88. The highest BCUT2D eigenvalue weighted by Crippen LogP contribution is 2.46. The molecule has 0 unspecified atom stereocenters. The van der Waals surface area contributed by atoms with Gasteiger partial charge in [-0.05, 0) is 59.2 Å². The number of pyridine rings is 1. The van der Waals surface area contributed by atoms with E-state index in [0.717, 1.165) is 95.1 Å². The molecule has 3 heterocycles. The topological polar surface area (TPSA) is 35.3 Å². The van der Waals surface area contributed by atoms with Gasteiger partial charge >= 0.3 is 0 Å². The number of rotatable bonds is 5. The molecule has 1 aliphatic carbocycles. The van der Waals surface area contributed by atoms with Gasteiger partial charge in [-0.25, -0.2) is 4.98 Å². The van der Waals surface area contributed by atoms with E-state index >= 15 is 0 Å². The van der Waals surface area contributed by atoms with Gasteiger partial charge < -0.3 is 4.74 Å². The predicted molar refractivity (Wildman–Crippen MR) is 221 cm³/mol. The molecule has 0 aliphatic heterocycles. The Morgan fingerprint density at radius 2 is 1.22 bits per heavy atom. The molecule has 5 nitrogen and oxygen atoms in total. The molecule has 5 heteroatoms. The summed E-state index contributed by atoms with van der Waals surface area (Å²) in [7, 11) is 0. The van der Waals surface area contributed by atoms with Crippen LogP contribution in [0.1, 0.15) is 11.1 Å². The van der Waals surface area contributed by atoms with E-state index in [0.29, 0.717) is 0 Å². The Morgan fingerprint density at radius 3 is 2.04 bits per heavy atom. The van der Waals surface area contributed by atoms with E-state index in [4.69, 9.17) is 9.72 Å². The van der Waals surface area contributed by atoms with Crippen LogP contribution in [0.15, 0.2) is 188 Å². The zero-order valence-electron chi connectivity index (χ0n) is 29.7. The summed E-state index contributed by atoms with van der Waals surface area (Å²) in [4.78, 5) is 5.35. The van der Waals surface area contributed by atoms with Crippen LogP contribution in [0.5, 0.6) is 5.75 Å². The molecular weight excluding hydrogens is 673 g/mol. The molecule has 7 aromatic carbocycles. The monoisotopic (exact) mass is 704 g/mol. The average molecular weight is 705 g/mol. The normalized spacial score (nSPS) is 12.1. The van der Waals surface area contributed by atoms with E-state index in [1.54, 1.807) is 0 Å². The first-order valence-corrected chi connectivity index (χ1v) is 18.5. The summed E-state index contributed by atoms with van der Waals surface area (Å²) >= 11 is 0. The fraction of sp³-hybridized carbons (Fsp3) is 0. The third-order valence-electron chi connectivity index (χ3n) is 10.6. The van der Waals surface area contributed by atoms with Crippen LogP contribution in [-0.2, 0) is 0 Å². The van der Waals surface area contributed by atoms with Crippen LogP contribution in [0.25, 0.3) is 84.3 Å². The summed E-state index contributed by atoms with van der Waals surface area (Å²) < 4.78 is 13.5. The Bertz CT molecular complexity index is 3120. The fourth-order valence-electron chi connectivity index (χ4n) is 8.08. The van der Waals surface area contributed by atoms with Crippen LogP contribution in [-0.4, -0.2) is 14.0 Å². The third kappa shape index (κ3) is 5.09. The highest BCUT2D eigenvalue weighted by molar-refractivity contribution is 6.10. The second-order valence-corrected chi connectivity index (χ2v) is 13.8. The van der Waals surface area contributed by atoms with Crippen molar-refractivity contribution in [3.63, 3.8) is 0 Å². The minimum absolute atomic E-state index is 0.719. The van der Waals surface area contributed by atoms with E-state index < -0.39 is 0 Å². The number of ether oxygens (including phenoxy) is 1. The zero-order valence-corrected chi connectivity index (χ0v) is 29.7. The molecule has 10 aromatic rings. The fourth-order valence-corrected chi connectivity index (χ4v) is 8.08. The van der Waals surface area contributed by atoms with E-state index in [-0.39, 0.29) is 0 Å². The molecule has 0 radical (unpaired) electrons. The van der Waals surface area contributed by atoms with Crippen molar-refractivity contribution in [2.75, 3.05) is 0 Å². The first-order chi connectivity index (χ1) is 27.3. The van der Waals surface area contributed by atoms with Crippen molar-refractivity contribution in [2.45, 2.75) is 0 Å². The number of benzene rings is 7. The van der Waals surface area contributed by atoms with Crippen molar-refractivity contribution in [2.24, 2.45) is 0 Å². The molecule has 0 saturated carbocycles. The molecule has 0 N–H and O–H groups in total. The van der Waals surface area contributed by atoms with Gasteiger partial charge in [-0.15, -0.1) is 0 Å². The summed E-state index contributed by atoms with van der Waals surface area (Å²) in [5.41, 5.74) is 14.6. The summed E-state index contributed by atoms with van der Waals surface area (Å²) in [6.07, 6.45) is 7.97. The highest BCUT2D eigenvalue weighted by atomic mass is 16.5. The number of hydrogen-bond acceptors (Lipinski definition) is 2. The van der Waals surface area contributed by atoms with Crippen LogP contribution < -0.4 is 9.30 Å². The van der Waals surface area contributed by atoms with Gasteiger partial charge in [0.1, 0.15) is 17.2 Å². The van der Waals surface area contributed by atoms with Gasteiger partial charge in [0.2, 0.25) is 0 Å². The van der Waals surface area contributed by atoms with E-state index in [2.05, 4.69) is 190 Å². The number of imidazole rings is 2. The molecular formula is C50H32N4O. The Kier molecular flexibility index (Phi) is 7.10. The molecule has 0 atom stereocenters. The van der Waals surface area contributed by atoms with Crippen molar-refractivity contribution in [3.05, 3.63) is 206 Å². The van der Waals surface area contributed by atoms with Crippen LogP contribution >= 0.6 is 0 Å². The van der Waals surface area contributed by atoms with Crippen molar-refractivity contribution < 1.29 is 9.30 Å². The molecule has 1 aliphatic rings. The molecule has 11 rings (SSSR count). The zero-order chi connectivity index (χ0) is 36.3. The first-order valence-electron chi connectivity index (χ1n) is 18.5. The Balaban J connectivity index is 1.14. The van der Waals surface area contributed by atoms with E-state index in [1.165, 1.54) is 0 Å². The van der Waals surface area contributed by atoms with Crippen molar-refractivity contribution in [1.29, 1.82) is 0 Å². The van der Waals surface area contributed by atoms with E-state index in [9.17, 15) is 0 Å². The standard InChI is InChI=1S/C50H32N4O/c1-3-16-34(17-4-1)44-32-52-45-27-12-11-26-42(45)49-41-25-10-8-23-39(41)38-22-7-9-24-40(38)48(31-43(49)50(52)51-44)55-37-21-15-20-36(30-37)54-33-53(35-18-5-2-6-19-35)46-28-13-14-29-47(46)54/h1-32H. The minimum Gasteiger partial charge on any atom is -0.457 e. The smallest absolute Gasteiger partial charge is 0.269 e. The molecule has 258 valence electrons. The van der Waals surface area contributed by atoms with Crippen molar-refractivity contribution in [1.82, 2.24) is 14.0 Å². The number of fused-ring (bicyclic) bond motifs is 11. The minimum atomic E-state index is 0.719. The maximum atomic E-state index is 7.10. The predicted octanol–water partition coefficient (Wildman–Crippen LogP) is 11.4. The SMILES string of the molecule is [c-]1n(-c2ccccc2)c2ccccc2[n+]1-c1cccc(OC2=Cc3c(c4ccccc4n4cc(-c5ccccc5)nc34)-c3ccccc3-c3ccccc32)c1. The Hall–Kier alpha value is -7.50. The summed E-state index contributed by atoms with van der Waals surface area (Å²) in [5.74, 6) is 1.46. The summed E-state index contributed by atoms with van der Waals surface area (Å²) in [6, 6.07) is 63.2. The lowest BCUT2D eigenvalue weighted by molar-refractivity contribution is -0.572. The highest BCUT2D eigenvalue weighted by Gasteiger charge is 2.25. The molecule has 0 spiro atoms. The van der Waals surface area contributed by atoms with Gasteiger partial charge in [0.05, 0.1) is 33.6 Å². The van der Waals surface area contributed by atoms with Crippen molar-refractivity contribution in [3.8, 4) is 50.6 Å². The summed E-state index contributed by atoms with van der Waals surface area (Å²) in [5, 5.41) is 1.15. The largest absolute Gasteiger partial charge is 0.457 e. The molecule has 0 amide bonds. The maximum absolute atomic E-state index is 7.10. The van der Waals surface area contributed by atoms with Crippen LogP contribution in [0, 0.1) is 6.33 Å². The lowest BCUT2D eigenvalue weighted by Crippen LogP contribution is -2.29. The lowest BCUT2D eigenvalue weighted by Gasteiger charge is -2.23. The van der Waals surface area contributed by atoms with Gasteiger partial charge in [-0.3, -0.25) is 13.5 Å². The number of hydrogen-bond donors (Lipinski definition) is 0. The first kappa shape index (κ1) is 31.1.